The molecule has 2 N–H and O–H groups in total. The Morgan fingerprint density at radius 1 is 0.739 bits per heavy atom. The van der Waals surface area contributed by atoms with Crippen molar-refractivity contribution >= 4 is 11.9 Å². The minimum Gasteiger partial charge on any atom is -2.00 e. The van der Waals surface area contributed by atoms with Crippen molar-refractivity contribution in [3.8, 4) is 0 Å². The van der Waals surface area contributed by atoms with Crippen molar-refractivity contribution in [1.29, 1.82) is 0 Å². The van der Waals surface area contributed by atoms with Gasteiger partial charge in [-0.2, -0.15) is 0 Å². The second-order valence-electron chi connectivity index (χ2n) is 5.17. The number of unbranched alkanes of at least 4 members (excludes halogenated alkanes) is 2. The van der Waals surface area contributed by atoms with Crippen LogP contribution >= 0.6 is 0 Å². The molecule has 0 aliphatic carbocycles. The van der Waals surface area contributed by atoms with Crippen molar-refractivity contribution in [2.24, 2.45) is 11.8 Å². The standard InChI is InChI=1S/2C8H16O2.2O.Zr/c2*1-3-5-6-7(4-2)8(9)10;;;/h2*7H,3-6H2,1-2H3,(H,9,10);;;/q;;2*-2;+4. The molecule has 2 atom stereocenters. The zero-order valence-electron chi connectivity index (χ0n) is 14.8. The minimum atomic E-state index is -0.643. The molecule has 0 bridgehead atoms. The van der Waals surface area contributed by atoms with E-state index in [0.29, 0.717) is 0 Å². The quantitative estimate of drug-likeness (QED) is 0.553. The van der Waals surface area contributed by atoms with E-state index in [9.17, 15) is 9.59 Å². The number of carboxylic acids is 2. The SMILES string of the molecule is CCCCC(CC)C(=O)O.CCCCC(CC)C(=O)O.[O-2].[O-2].[Zr+4]. The van der Waals surface area contributed by atoms with Crippen LogP contribution in [0.4, 0.5) is 0 Å². The van der Waals surface area contributed by atoms with E-state index in [0.717, 1.165) is 51.4 Å². The fraction of sp³-hybridized carbons (Fsp3) is 0.875. The van der Waals surface area contributed by atoms with Gasteiger partial charge >= 0.3 is 38.1 Å². The monoisotopic (exact) mass is 410 g/mol. The topological polar surface area (TPSA) is 132 Å². The van der Waals surface area contributed by atoms with Gasteiger partial charge in [-0.15, -0.1) is 0 Å². The van der Waals surface area contributed by atoms with Crippen molar-refractivity contribution in [2.45, 2.75) is 79.1 Å². The van der Waals surface area contributed by atoms with Crippen LogP contribution in [0, 0.1) is 11.8 Å². The Morgan fingerprint density at radius 3 is 1.13 bits per heavy atom. The van der Waals surface area contributed by atoms with Crippen LogP contribution in [-0.2, 0) is 46.7 Å². The molecule has 0 aliphatic rings. The van der Waals surface area contributed by atoms with Gasteiger partial charge in [0.05, 0.1) is 11.8 Å². The molecule has 23 heavy (non-hydrogen) atoms. The van der Waals surface area contributed by atoms with Gasteiger partial charge < -0.3 is 21.2 Å². The van der Waals surface area contributed by atoms with Crippen molar-refractivity contribution in [3.63, 3.8) is 0 Å². The molecule has 7 heteroatoms. The number of aliphatic carboxylic acids is 2. The summed E-state index contributed by atoms with van der Waals surface area (Å²) in [7, 11) is 0. The molecule has 136 valence electrons. The first-order valence-corrected chi connectivity index (χ1v) is 7.89. The summed E-state index contributed by atoms with van der Waals surface area (Å²) in [4.78, 5) is 20.9. The number of hydrogen-bond acceptors (Lipinski definition) is 2. The first-order valence-electron chi connectivity index (χ1n) is 7.89. The molecule has 0 fully saturated rings. The molecule has 0 aromatic carbocycles. The molecule has 0 amide bonds. The van der Waals surface area contributed by atoms with Gasteiger partial charge in [0, 0.05) is 0 Å². The fourth-order valence-corrected chi connectivity index (χ4v) is 1.91. The van der Waals surface area contributed by atoms with Crippen molar-refractivity contribution in [2.75, 3.05) is 0 Å². The van der Waals surface area contributed by atoms with Gasteiger partial charge in [-0.05, 0) is 25.7 Å². The van der Waals surface area contributed by atoms with Crippen LogP contribution in [0.5, 0.6) is 0 Å². The smallest absolute Gasteiger partial charge is 2.00 e. The Bertz CT molecular complexity index is 235. The Hall–Kier alpha value is -0.257. The van der Waals surface area contributed by atoms with E-state index in [1.165, 1.54) is 0 Å². The molecule has 0 aliphatic heterocycles. The third-order valence-corrected chi connectivity index (χ3v) is 3.50. The Kier molecular flexibility index (Phi) is 35.6. The third-order valence-electron chi connectivity index (χ3n) is 3.50. The summed E-state index contributed by atoms with van der Waals surface area (Å²) in [5.74, 6) is -1.51. The van der Waals surface area contributed by atoms with Crippen LogP contribution in [0.2, 0.25) is 0 Å². The summed E-state index contributed by atoms with van der Waals surface area (Å²) in [5, 5.41) is 17.2. The van der Waals surface area contributed by atoms with Crippen molar-refractivity contribution in [3.05, 3.63) is 0 Å². The first kappa shape index (κ1) is 34.2. The zero-order valence-corrected chi connectivity index (χ0v) is 17.3. The van der Waals surface area contributed by atoms with Gasteiger partial charge in [0.25, 0.3) is 0 Å². The number of hydrogen-bond donors (Lipinski definition) is 2. The molecule has 6 nitrogen and oxygen atoms in total. The molecule has 0 saturated carbocycles. The molecular formula is C16H32O6Zr. The van der Waals surface area contributed by atoms with Crippen LogP contribution in [0.3, 0.4) is 0 Å². The van der Waals surface area contributed by atoms with Gasteiger partial charge in [-0.3, -0.25) is 9.59 Å². The predicted molar refractivity (Wildman–Crippen MR) is 83.3 cm³/mol. The van der Waals surface area contributed by atoms with Gasteiger partial charge in [0.2, 0.25) is 0 Å². The van der Waals surface area contributed by atoms with Gasteiger partial charge in [-0.25, -0.2) is 0 Å². The summed E-state index contributed by atoms with van der Waals surface area (Å²) >= 11 is 0. The summed E-state index contributed by atoms with van der Waals surface area (Å²) in [6.45, 7) is 8.01. The third kappa shape index (κ3) is 21.7. The van der Waals surface area contributed by atoms with E-state index >= 15 is 0 Å². The van der Waals surface area contributed by atoms with E-state index in [1.807, 2.05) is 13.8 Å². The second kappa shape index (κ2) is 24.0. The Balaban J connectivity index is -0.0000000831. The van der Waals surface area contributed by atoms with Crippen LogP contribution in [0.15, 0.2) is 0 Å². The Labute approximate surface area is 159 Å². The van der Waals surface area contributed by atoms with Gasteiger partial charge in [-0.1, -0.05) is 53.4 Å². The van der Waals surface area contributed by atoms with Crippen LogP contribution in [-0.4, -0.2) is 22.2 Å². The summed E-state index contributed by atoms with van der Waals surface area (Å²) in [6.07, 6.45) is 7.43. The maximum absolute atomic E-state index is 10.4. The summed E-state index contributed by atoms with van der Waals surface area (Å²) in [5.41, 5.74) is 0. The number of carbonyl (C=O) groups is 2. The predicted octanol–water partition coefficient (Wildman–Crippen LogP) is 4.33. The largest absolute Gasteiger partial charge is 4.00 e. The molecular weight excluding hydrogens is 379 g/mol. The second-order valence-corrected chi connectivity index (χ2v) is 5.17. The van der Waals surface area contributed by atoms with Crippen LogP contribution in [0.1, 0.15) is 79.1 Å². The van der Waals surface area contributed by atoms with E-state index in [-0.39, 0.29) is 49.0 Å². The first-order chi connectivity index (χ1) is 9.44. The zero-order chi connectivity index (χ0) is 16.0. The average Bonchev–Trinajstić information content (AvgIpc) is 2.40. The average molecular weight is 412 g/mol. The molecule has 0 radical (unpaired) electrons. The molecule has 0 aromatic rings. The maximum Gasteiger partial charge on any atom is 4.00 e. The number of rotatable bonds is 10. The Morgan fingerprint density at radius 2 is 1.00 bits per heavy atom. The molecule has 0 rings (SSSR count). The van der Waals surface area contributed by atoms with Gasteiger partial charge in [0.15, 0.2) is 0 Å². The molecule has 0 saturated heterocycles. The van der Waals surface area contributed by atoms with E-state index in [1.54, 1.807) is 0 Å². The van der Waals surface area contributed by atoms with E-state index in [4.69, 9.17) is 10.2 Å². The normalized spacial score (nSPS) is 11.3. The van der Waals surface area contributed by atoms with Crippen molar-refractivity contribution < 1.29 is 57.0 Å². The molecule has 0 spiro atoms. The van der Waals surface area contributed by atoms with Crippen molar-refractivity contribution in [1.82, 2.24) is 0 Å². The molecule has 0 aromatic heterocycles. The number of carboxylic acid groups (broad SMARTS) is 2. The van der Waals surface area contributed by atoms with E-state index < -0.39 is 11.9 Å². The summed E-state index contributed by atoms with van der Waals surface area (Å²) in [6, 6.07) is 0. The molecule has 0 heterocycles. The van der Waals surface area contributed by atoms with Gasteiger partial charge in [0.1, 0.15) is 0 Å². The van der Waals surface area contributed by atoms with Crippen LogP contribution in [0.25, 0.3) is 0 Å². The maximum atomic E-state index is 10.4. The molecule has 2 unspecified atom stereocenters. The summed E-state index contributed by atoms with van der Waals surface area (Å²) < 4.78 is 0. The fourth-order valence-electron chi connectivity index (χ4n) is 1.91. The van der Waals surface area contributed by atoms with E-state index in [2.05, 4.69) is 13.8 Å². The minimum absolute atomic E-state index is 0. The van der Waals surface area contributed by atoms with Crippen LogP contribution < -0.4 is 0 Å².